The molecule has 1 atom stereocenters. The highest BCUT2D eigenvalue weighted by molar-refractivity contribution is 7.18. The standard InChI is InChI=1S/C19H19N3O2S/c23-14-6-3-5-13(11-14)12-20-19(24)22-10-4-8-16(22)18-21-15-7-1-2-9-17(15)25-18/h1-3,5-7,9,11,16,23H,4,8,10,12H2,(H,20,24). The van der Waals surface area contributed by atoms with Crippen LogP contribution in [0.3, 0.4) is 0 Å². The van der Waals surface area contributed by atoms with Crippen LogP contribution in [0, 0.1) is 0 Å². The van der Waals surface area contributed by atoms with Gasteiger partial charge in [-0.3, -0.25) is 0 Å². The summed E-state index contributed by atoms with van der Waals surface area (Å²) in [7, 11) is 0. The first kappa shape index (κ1) is 15.9. The normalized spacial score (nSPS) is 17.1. The van der Waals surface area contributed by atoms with E-state index in [1.165, 1.54) is 0 Å². The zero-order chi connectivity index (χ0) is 17.2. The number of amides is 2. The highest BCUT2D eigenvalue weighted by Gasteiger charge is 2.32. The second-order valence-electron chi connectivity index (χ2n) is 6.20. The summed E-state index contributed by atoms with van der Waals surface area (Å²) in [6.07, 6.45) is 1.93. The summed E-state index contributed by atoms with van der Waals surface area (Å²) in [4.78, 5) is 19.2. The Balaban J connectivity index is 1.47. The van der Waals surface area contributed by atoms with Gasteiger partial charge in [-0.15, -0.1) is 11.3 Å². The minimum absolute atomic E-state index is 0.0431. The van der Waals surface area contributed by atoms with Crippen molar-refractivity contribution in [2.24, 2.45) is 0 Å². The quantitative estimate of drug-likeness (QED) is 0.746. The van der Waals surface area contributed by atoms with Gasteiger partial charge in [0.2, 0.25) is 0 Å². The molecule has 6 heteroatoms. The van der Waals surface area contributed by atoms with Gasteiger partial charge < -0.3 is 15.3 Å². The Kier molecular flexibility index (Phi) is 4.28. The number of nitrogens with one attached hydrogen (secondary N) is 1. The largest absolute Gasteiger partial charge is 0.508 e. The van der Waals surface area contributed by atoms with Gasteiger partial charge in [-0.05, 0) is 42.7 Å². The first-order valence-corrected chi connectivity index (χ1v) is 9.20. The fraction of sp³-hybridized carbons (Fsp3) is 0.263. The van der Waals surface area contributed by atoms with Crippen molar-refractivity contribution in [3.63, 3.8) is 0 Å². The molecule has 1 fully saturated rings. The van der Waals surface area contributed by atoms with Gasteiger partial charge in [-0.2, -0.15) is 0 Å². The van der Waals surface area contributed by atoms with E-state index in [0.29, 0.717) is 6.54 Å². The number of likely N-dealkylation sites (tertiary alicyclic amines) is 1. The topological polar surface area (TPSA) is 65.5 Å². The van der Waals surface area contributed by atoms with E-state index < -0.39 is 0 Å². The Hall–Kier alpha value is -2.60. The molecule has 0 saturated carbocycles. The average Bonchev–Trinajstić information content (AvgIpc) is 3.26. The van der Waals surface area contributed by atoms with Gasteiger partial charge in [0.1, 0.15) is 10.8 Å². The first-order chi connectivity index (χ1) is 12.2. The first-order valence-electron chi connectivity index (χ1n) is 8.38. The minimum atomic E-state index is -0.0786. The van der Waals surface area contributed by atoms with E-state index in [9.17, 15) is 9.90 Å². The van der Waals surface area contributed by atoms with Crippen LogP contribution in [0.2, 0.25) is 0 Å². The summed E-state index contributed by atoms with van der Waals surface area (Å²) in [5.41, 5.74) is 1.87. The summed E-state index contributed by atoms with van der Waals surface area (Å²) in [6, 6.07) is 15.0. The van der Waals surface area contributed by atoms with Crippen molar-refractivity contribution in [2.75, 3.05) is 6.54 Å². The lowest BCUT2D eigenvalue weighted by molar-refractivity contribution is 0.192. The van der Waals surface area contributed by atoms with Crippen LogP contribution in [0.5, 0.6) is 5.75 Å². The number of aromatic hydroxyl groups is 1. The molecule has 1 aliphatic rings. The monoisotopic (exact) mass is 353 g/mol. The maximum atomic E-state index is 12.6. The van der Waals surface area contributed by atoms with Crippen LogP contribution < -0.4 is 5.32 Å². The summed E-state index contributed by atoms with van der Waals surface area (Å²) < 4.78 is 1.16. The van der Waals surface area contributed by atoms with Crippen LogP contribution in [0.25, 0.3) is 10.2 Å². The van der Waals surface area contributed by atoms with Gasteiger partial charge in [-0.1, -0.05) is 24.3 Å². The molecular weight excluding hydrogens is 334 g/mol. The number of urea groups is 1. The Morgan fingerprint density at radius 3 is 3.00 bits per heavy atom. The molecule has 1 unspecified atom stereocenters. The molecule has 128 valence electrons. The third-order valence-corrected chi connectivity index (χ3v) is 5.60. The number of thiazole rings is 1. The zero-order valence-corrected chi connectivity index (χ0v) is 14.5. The molecule has 0 spiro atoms. The van der Waals surface area contributed by atoms with Crippen molar-refractivity contribution >= 4 is 27.6 Å². The number of carbonyl (C=O) groups excluding carboxylic acids is 1. The summed E-state index contributed by atoms with van der Waals surface area (Å²) in [5.74, 6) is 0.209. The smallest absolute Gasteiger partial charge is 0.318 e. The number of hydrogen-bond acceptors (Lipinski definition) is 4. The van der Waals surface area contributed by atoms with Crippen molar-refractivity contribution < 1.29 is 9.90 Å². The molecule has 0 radical (unpaired) electrons. The Morgan fingerprint density at radius 1 is 1.28 bits per heavy atom. The van der Waals surface area contributed by atoms with E-state index in [1.54, 1.807) is 29.5 Å². The average molecular weight is 353 g/mol. The van der Waals surface area contributed by atoms with Crippen LogP contribution in [0.1, 0.15) is 29.5 Å². The number of para-hydroxylation sites is 1. The Bertz CT molecular complexity index is 875. The minimum Gasteiger partial charge on any atom is -0.508 e. The molecule has 1 saturated heterocycles. The number of phenolic OH excluding ortho intramolecular Hbond substituents is 1. The predicted molar refractivity (Wildman–Crippen MR) is 98.6 cm³/mol. The summed E-state index contributed by atoms with van der Waals surface area (Å²) in [5, 5.41) is 13.5. The molecule has 1 aliphatic heterocycles. The fourth-order valence-corrected chi connectivity index (χ4v) is 4.36. The second-order valence-corrected chi connectivity index (χ2v) is 7.26. The predicted octanol–water partition coefficient (Wildman–Crippen LogP) is 4.05. The molecule has 2 heterocycles. The van der Waals surface area contributed by atoms with Crippen LogP contribution in [0.4, 0.5) is 4.79 Å². The van der Waals surface area contributed by atoms with E-state index in [1.807, 2.05) is 29.2 Å². The molecular formula is C19H19N3O2S. The summed E-state index contributed by atoms with van der Waals surface area (Å²) in [6.45, 7) is 1.14. The van der Waals surface area contributed by atoms with Gasteiger partial charge in [0, 0.05) is 13.1 Å². The third-order valence-electron chi connectivity index (χ3n) is 4.46. The fourth-order valence-electron chi connectivity index (χ4n) is 3.24. The Labute approximate surface area is 149 Å². The van der Waals surface area contributed by atoms with E-state index in [0.717, 1.165) is 40.2 Å². The molecule has 2 aromatic carbocycles. The van der Waals surface area contributed by atoms with Crippen molar-refractivity contribution in [3.05, 3.63) is 59.1 Å². The van der Waals surface area contributed by atoms with Crippen LogP contribution >= 0.6 is 11.3 Å². The Morgan fingerprint density at radius 2 is 2.16 bits per heavy atom. The molecule has 2 N–H and O–H groups in total. The van der Waals surface area contributed by atoms with Crippen LogP contribution in [-0.4, -0.2) is 27.6 Å². The number of aromatic nitrogens is 1. The number of rotatable bonds is 3. The van der Waals surface area contributed by atoms with Gasteiger partial charge in [-0.25, -0.2) is 9.78 Å². The second kappa shape index (κ2) is 6.72. The van der Waals surface area contributed by atoms with Crippen molar-refractivity contribution in [2.45, 2.75) is 25.4 Å². The molecule has 0 aliphatic carbocycles. The molecule has 25 heavy (non-hydrogen) atoms. The molecule has 4 rings (SSSR count). The number of fused-ring (bicyclic) bond motifs is 1. The lowest BCUT2D eigenvalue weighted by atomic mass is 10.2. The van der Waals surface area contributed by atoms with Gasteiger partial charge in [0.05, 0.1) is 16.3 Å². The molecule has 1 aromatic heterocycles. The third kappa shape index (κ3) is 3.30. The number of hydrogen-bond donors (Lipinski definition) is 2. The maximum absolute atomic E-state index is 12.6. The molecule has 3 aromatic rings. The number of phenols is 1. The maximum Gasteiger partial charge on any atom is 0.318 e. The molecule has 2 amide bonds. The van der Waals surface area contributed by atoms with E-state index in [4.69, 9.17) is 4.98 Å². The molecule has 5 nitrogen and oxygen atoms in total. The van der Waals surface area contributed by atoms with Crippen LogP contribution in [-0.2, 0) is 6.54 Å². The van der Waals surface area contributed by atoms with Crippen molar-refractivity contribution in [1.82, 2.24) is 15.2 Å². The van der Waals surface area contributed by atoms with Gasteiger partial charge in [0.15, 0.2) is 0 Å². The van der Waals surface area contributed by atoms with Crippen molar-refractivity contribution in [1.29, 1.82) is 0 Å². The van der Waals surface area contributed by atoms with E-state index >= 15 is 0 Å². The SMILES string of the molecule is O=C(NCc1cccc(O)c1)N1CCCC1c1nc2ccccc2s1. The highest BCUT2D eigenvalue weighted by atomic mass is 32.1. The molecule has 0 bridgehead atoms. The van der Waals surface area contributed by atoms with Gasteiger partial charge in [0.25, 0.3) is 0 Å². The van der Waals surface area contributed by atoms with E-state index in [-0.39, 0.29) is 17.8 Å². The highest BCUT2D eigenvalue weighted by Crippen LogP contribution is 2.36. The number of carbonyl (C=O) groups is 1. The number of nitrogens with zero attached hydrogens (tertiary/aromatic N) is 2. The zero-order valence-electron chi connectivity index (χ0n) is 13.7. The van der Waals surface area contributed by atoms with E-state index in [2.05, 4.69) is 11.4 Å². The van der Waals surface area contributed by atoms with Crippen LogP contribution in [0.15, 0.2) is 48.5 Å². The summed E-state index contributed by atoms with van der Waals surface area (Å²) >= 11 is 1.67. The lowest BCUT2D eigenvalue weighted by Crippen LogP contribution is -2.39. The van der Waals surface area contributed by atoms with Gasteiger partial charge >= 0.3 is 6.03 Å². The van der Waals surface area contributed by atoms with Crippen molar-refractivity contribution in [3.8, 4) is 5.75 Å². The number of benzene rings is 2. The lowest BCUT2D eigenvalue weighted by Gasteiger charge is -2.23.